The fourth-order valence-corrected chi connectivity index (χ4v) is 1.66. The number of epoxide rings is 1. The van der Waals surface area contributed by atoms with Crippen molar-refractivity contribution in [1.29, 1.82) is 0 Å². The molecule has 0 bridgehead atoms. The Bertz CT molecular complexity index is 276. The van der Waals surface area contributed by atoms with Crippen molar-refractivity contribution in [3.63, 3.8) is 0 Å². The predicted octanol–water partition coefficient (Wildman–Crippen LogP) is -1.45. The number of nitrogens with one attached hydrogen (secondary N) is 1. The first-order valence-electron chi connectivity index (χ1n) is 4.65. The van der Waals surface area contributed by atoms with Crippen LogP contribution < -0.4 is 5.32 Å². The Balaban J connectivity index is 1.93. The maximum atomic E-state index is 11.4. The third-order valence-corrected chi connectivity index (χ3v) is 2.44. The van der Waals surface area contributed by atoms with Gasteiger partial charge in [-0.1, -0.05) is 0 Å². The third-order valence-electron chi connectivity index (χ3n) is 2.44. The maximum Gasteiger partial charge on any atom is 0.247 e. The van der Waals surface area contributed by atoms with E-state index in [1.165, 1.54) is 6.08 Å². The van der Waals surface area contributed by atoms with Crippen molar-refractivity contribution in [2.24, 2.45) is 0 Å². The lowest BCUT2D eigenvalue weighted by Crippen LogP contribution is -2.31. The molecule has 1 heterocycles. The van der Waals surface area contributed by atoms with Crippen LogP contribution in [0.4, 0.5) is 0 Å². The lowest BCUT2D eigenvalue weighted by atomic mass is 9.97. The minimum atomic E-state index is -0.663. The lowest BCUT2D eigenvalue weighted by molar-refractivity contribution is -0.117. The van der Waals surface area contributed by atoms with Crippen LogP contribution in [-0.4, -0.2) is 47.6 Å². The first-order chi connectivity index (χ1) is 6.72. The molecule has 5 heteroatoms. The highest BCUT2D eigenvalue weighted by Crippen LogP contribution is 2.36. The molecule has 3 atom stereocenters. The molecule has 1 aliphatic carbocycles. The summed E-state index contributed by atoms with van der Waals surface area (Å²) >= 11 is 0. The Morgan fingerprint density at radius 3 is 3.14 bits per heavy atom. The number of fused-ring (bicyclic) bond motifs is 1. The molecule has 2 rings (SSSR count). The molecule has 3 N–H and O–H groups in total. The summed E-state index contributed by atoms with van der Waals surface area (Å²) in [6.07, 6.45) is 1.32. The highest BCUT2D eigenvalue weighted by molar-refractivity contribution is 5.93. The Labute approximate surface area is 81.4 Å². The van der Waals surface area contributed by atoms with E-state index in [4.69, 9.17) is 9.84 Å². The van der Waals surface area contributed by atoms with Crippen molar-refractivity contribution < 1.29 is 19.7 Å². The topological polar surface area (TPSA) is 82.1 Å². The molecule has 5 nitrogen and oxygen atoms in total. The SMILES string of the molecule is O=C(NCCO)C1=C[C@@H](O)[C@H]2O[C@H]2C1. The maximum absolute atomic E-state index is 11.4. The molecular weight excluding hydrogens is 186 g/mol. The summed E-state index contributed by atoms with van der Waals surface area (Å²) in [5, 5.41) is 20.5. The quantitative estimate of drug-likeness (QED) is 0.486. The van der Waals surface area contributed by atoms with Crippen LogP contribution in [0.3, 0.4) is 0 Å². The van der Waals surface area contributed by atoms with E-state index in [0.29, 0.717) is 12.0 Å². The van der Waals surface area contributed by atoms with E-state index in [2.05, 4.69) is 5.32 Å². The number of amides is 1. The standard InChI is InChI=1S/C9H13NO4/c11-2-1-10-9(13)5-3-6(12)8-7(4-5)14-8/h3,6-8,11-12H,1-2,4H2,(H,10,13)/t6-,7+,8-/m1/s1. The highest BCUT2D eigenvalue weighted by Gasteiger charge is 2.47. The zero-order chi connectivity index (χ0) is 10.1. The Hall–Kier alpha value is -0.910. The molecule has 14 heavy (non-hydrogen) atoms. The molecule has 2 aliphatic rings. The number of ether oxygens (including phenoxy) is 1. The molecule has 0 aromatic rings. The van der Waals surface area contributed by atoms with E-state index in [1.54, 1.807) is 0 Å². The molecule has 0 aromatic heterocycles. The molecule has 0 spiro atoms. The van der Waals surface area contributed by atoms with Gasteiger partial charge in [-0.2, -0.15) is 0 Å². The summed E-state index contributed by atoms with van der Waals surface area (Å²) in [5.74, 6) is -0.230. The Morgan fingerprint density at radius 1 is 1.71 bits per heavy atom. The van der Waals surface area contributed by atoms with Gasteiger partial charge in [0.25, 0.3) is 0 Å². The van der Waals surface area contributed by atoms with E-state index >= 15 is 0 Å². The number of rotatable bonds is 3. The smallest absolute Gasteiger partial charge is 0.247 e. The van der Waals surface area contributed by atoms with Crippen LogP contribution in [0.5, 0.6) is 0 Å². The fourth-order valence-electron chi connectivity index (χ4n) is 1.66. The van der Waals surface area contributed by atoms with Crippen LogP contribution in [-0.2, 0) is 9.53 Å². The molecule has 78 valence electrons. The Morgan fingerprint density at radius 2 is 2.50 bits per heavy atom. The van der Waals surface area contributed by atoms with Gasteiger partial charge >= 0.3 is 0 Å². The van der Waals surface area contributed by atoms with E-state index in [0.717, 1.165) is 0 Å². The summed E-state index contributed by atoms with van der Waals surface area (Å²) in [5.41, 5.74) is 0.546. The van der Waals surface area contributed by atoms with Gasteiger partial charge in [-0.3, -0.25) is 4.79 Å². The molecule has 1 aliphatic heterocycles. The van der Waals surface area contributed by atoms with Gasteiger partial charge in [0.15, 0.2) is 0 Å². The number of hydrogen-bond donors (Lipinski definition) is 3. The second kappa shape index (κ2) is 3.68. The first kappa shape index (κ1) is 9.64. The minimum absolute atomic E-state index is 0.00452. The van der Waals surface area contributed by atoms with Crippen molar-refractivity contribution in [1.82, 2.24) is 5.32 Å². The van der Waals surface area contributed by atoms with Crippen LogP contribution in [0, 0.1) is 0 Å². The third kappa shape index (κ3) is 1.79. The molecular formula is C9H13NO4. The van der Waals surface area contributed by atoms with Gasteiger partial charge in [0.05, 0.1) is 12.7 Å². The van der Waals surface area contributed by atoms with Gasteiger partial charge in [0.2, 0.25) is 5.91 Å². The van der Waals surface area contributed by atoms with Crippen molar-refractivity contribution >= 4 is 5.91 Å². The van der Waals surface area contributed by atoms with Crippen LogP contribution >= 0.6 is 0 Å². The average molecular weight is 199 g/mol. The minimum Gasteiger partial charge on any atom is -0.395 e. The number of aliphatic hydroxyl groups is 2. The molecule has 1 saturated heterocycles. The first-order valence-corrected chi connectivity index (χ1v) is 4.65. The fraction of sp³-hybridized carbons (Fsp3) is 0.667. The van der Waals surface area contributed by atoms with Crippen LogP contribution in [0.2, 0.25) is 0 Å². The lowest BCUT2D eigenvalue weighted by Gasteiger charge is -2.12. The van der Waals surface area contributed by atoms with Gasteiger partial charge in [0, 0.05) is 18.5 Å². The second-order valence-corrected chi connectivity index (χ2v) is 3.51. The average Bonchev–Trinajstić information content (AvgIpc) is 2.93. The van der Waals surface area contributed by atoms with Gasteiger partial charge < -0.3 is 20.3 Å². The molecule has 0 radical (unpaired) electrons. The second-order valence-electron chi connectivity index (χ2n) is 3.51. The van der Waals surface area contributed by atoms with Crippen LogP contribution in [0.1, 0.15) is 6.42 Å². The molecule has 1 amide bonds. The van der Waals surface area contributed by atoms with E-state index in [-0.39, 0.29) is 31.3 Å². The zero-order valence-corrected chi connectivity index (χ0v) is 7.64. The molecule has 1 fully saturated rings. The van der Waals surface area contributed by atoms with E-state index in [9.17, 15) is 9.90 Å². The number of carbonyl (C=O) groups is 1. The number of hydrogen-bond acceptors (Lipinski definition) is 4. The van der Waals surface area contributed by atoms with Gasteiger partial charge in [0.1, 0.15) is 12.2 Å². The molecule has 0 unspecified atom stereocenters. The van der Waals surface area contributed by atoms with Crippen molar-refractivity contribution in [3.8, 4) is 0 Å². The normalized spacial score (nSPS) is 34.4. The number of carbonyl (C=O) groups excluding carboxylic acids is 1. The van der Waals surface area contributed by atoms with Crippen molar-refractivity contribution in [3.05, 3.63) is 11.6 Å². The predicted molar refractivity (Wildman–Crippen MR) is 47.5 cm³/mol. The summed E-state index contributed by atoms with van der Waals surface area (Å²) in [4.78, 5) is 11.4. The monoisotopic (exact) mass is 199 g/mol. The van der Waals surface area contributed by atoms with Gasteiger partial charge in [-0.05, 0) is 6.08 Å². The summed E-state index contributed by atoms with van der Waals surface area (Å²) in [6, 6.07) is 0. The summed E-state index contributed by atoms with van der Waals surface area (Å²) < 4.78 is 5.14. The molecule has 0 aromatic carbocycles. The van der Waals surface area contributed by atoms with E-state index in [1.807, 2.05) is 0 Å². The summed E-state index contributed by atoms with van der Waals surface area (Å²) in [7, 11) is 0. The van der Waals surface area contributed by atoms with Gasteiger partial charge in [-0.25, -0.2) is 0 Å². The summed E-state index contributed by atoms with van der Waals surface area (Å²) in [6.45, 7) is 0.158. The van der Waals surface area contributed by atoms with Crippen LogP contribution in [0.15, 0.2) is 11.6 Å². The largest absolute Gasteiger partial charge is 0.395 e. The van der Waals surface area contributed by atoms with Crippen molar-refractivity contribution in [2.75, 3.05) is 13.2 Å². The number of aliphatic hydroxyl groups excluding tert-OH is 2. The molecule has 0 saturated carbocycles. The van der Waals surface area contributed by atoms with Crippen molar-refractivity contribution in [2.45, 2.75) is 24.7 Å². The van der Waals surface area contributed by atoms with E-state index < -0.39 is 6.10 Å². The Kier molecular flexibility index (Phi) is 2.54. The van der Waals surface area contributed by atoms with Crippen LogP contribution in [0.25, 0.3) is 0 Å². The van der Waals surface area contributed by atoms with Gasteiger partial charge in [-0.15, -0.1) is 0 Å². The zero-order valence-electron chi connectivity index (χ0n) is 7.64. The highest BCUT2D eigenvalue weighted by atomic mass is 16.6.